The molecule has 0 aromatic heterocycles. The van der Waals surface area contributed by atoms with Crippen LogP contribution in [0.15, 0.2) is 0 Å². The molecule has 0 aromatic rings. The van der Waals surface area contributed by atoms with Crippen LogP contribution in [0.3, 0.4) is 0 Å². The molecular formula is C5H11AlO. The van der Waals surface area contributed by atoms with Crippen molar-refractivity contribution in [2.75, 3.05) is 0 Å². The summed E-state index contributed by atoms with van der Waals surface area (Å²) < 4.78 is 0. The molecule has 40 valence electrons. The lowest BCUT2D eigenvalue weighted by Gasteiger charge is -1.88. The van der Waals surface area contributed by atoms with Gasteiger partial charge in [0, 0.05) is 5.15 Å². The van der Waals surface area contributed by atoms with Gasteiger partial charge in [-0.3, -0.25) is 0 Å². The van der Waals surface area contributed by atoms with Crippen molar-refractivity contribution >= 4 is 19.3 Å². The van der Waals surface area contributed by atoms with Gasteiger partial charge in [0.2, 0.25) is 0 Å². The lowest BCUT2D eigenvalue weighted by atomic mass is 10.9. The maximum Gasteiger partial charge on any atom is 0.359 e. The SMILES string of the molecule is C[CH2][Al]([CH]=O)[CH2]C. The van der Waals surface area contributed by atoms with Crippen molar-refractivity contribution in [1.29, 1.82) is 0 Å². The predicted octanol–water partition coefficient (Wildman–Crippen LogP) is 1.29. The number of carbonyl (C=O) groups is 1. The summed E-state index contributed by atoms with van der Waals surface area (Å²) in [4.78, 5) is 10.0. The van der Waals surface area contributed by atoms with E-state index in [4.69, 9.17) is 0 Å². The summed E-state index contributed by atoms with van der Waals surface area (Å²) in [6, 6.07) is 0. The molecule has 0 aliphatic carbocycles. The molecule has 0 unspecified atom stereocenters. The fraction of sp³-hybridized carbons (Fsp3) is 0.800. The summed E-state index contributed by atoms with van der Waals surface area (Å²) in [5.41, 5.74) is 0. The molecule has 0 aliphatic rings. The van der Waals surface area contributed by atoms with Crippen molar-refractivity contribution in [3.05, 3.63) is 0 Å². The Labute approximate surface area is 49.1 Å². The van der Waals surface area contributed by atoms with E-state index in [1.807, 2.05) is 0 Å². The number of carbonyl (C=O) groups excluding carboxylic acids is 1. The highest BCUT2D eigenvalue weighted by Crippen LogP contribution is 1.91. The number of hydrogen-bond acceptors (Lipinski definition) is 1. The van der Waals surface area contributed by atoms with E-state index < -0.39 is 14.1 Å². The first-order valence-electron chi connectivity index (χ1n) is 2.80. The van der Waals surface area contributed by atoms with Gasteiger partial charge in [-0.2, -0.15) is 0 Å². The quantitative estimate of drug-likeness (QED) is 0.399. The Balaban J connectivity index is 3.16. The standard InChI is InChI=1S/2C2H5.CHO.Al/c3*1-2;/h2*1H2,2H3;1H;. The van der Waals surface area contributed by atoms with Crippen LogP contribution in [0.25, 0.3) is 0 Å². The largest absolute Gasteiger partial charge is 0.359 e. The molecule has 0 spiro atoms. The molecule has 0 atom stereocenters. The maximum absolute atomic E-state index is 10.0. The Morgan fingerprint density at radius 2 is 1.86 bits per heavy atom. The van der Waals surface area contributed by atoms with Gasteiger partial charge in [-0.15, -0.1) is 0 Å². The number of hydrogen-bond donors (Lipinski definition) is 0. The monoisotopic (exact) mass is 114 g/mol. The minimum atomic E-state index is -0.852. The Kier molecular flexibility index (Phi) is 4.49. The van der Waals surface area contributed by atoms with E-state index in [0.717, 1.165) is 10.6 Å². The molecular weight excluding hydrogens is 103 g/mol. The molecule has 0 heterocycles. The summed E-state index contributed by atoms with van der Waals surface area (Å²) >= 11 is -0.852. The van der Waals surface area contributed by atoms with E-state index in [2.05, 4.69) is 13.8 Å². The van der Waals surface area contributed by atoms with Gasteiger partial charge in [0.05, 0.1) is 0 Å². The molecule has 0 saturated heterocycles. The Morgan fingerprint density at radius 1 is 1.43 bits per heavy atom. The van der Waals surface area contributed by atoms with E-state index in [-0.39, 0.29) is 0 Å². The van der Waals surface area contributed by atoms with Crippen LogP contribution in [0, 0.1) is 0 Å². The lowest BCUT2D eigenvalue weighted by molar-refractivity contribution is 0.567. The van der Waals surface area contributed by atoms with E-state index in [1.165, 1.54) is 5.15 Å². The minimum Gasteiger partial charge on any atom is -0.324 e. The first kappa shape index (κ1) is 7.20. The summed E-state index contributed by atoms with van der Waals surface area (Å²) in [7, 11) is 0. The molecule has 1 nitrogen and oxygen atoms in total. The zero-order valence-corrected chi connectivity index (χ0v) is 6.13. The highest BCUT2D eigenvalue weighted by molar-refractivity contribution is 6.84. The molecule has 0 amide bonds. The van der Waals surface area contributed by atoms with Crippen LogP contribution in [0.4, 0.5) is 0 Å². The van der Waals surface area contributed by atoms with E-state index in [9.17, 15) is 4.79 Å². The Hall–Kier alpha value is 0.202. The van der Waals surface area contributed by atoms with Gasteiger partial charge in [-0.05, 0) is 0 Å². The third-order valence-electron chi connectivity index (χ3n) is 1.24. The van der Waals surface area contributed by atoms with Crippen molar-refractivity contribution in [1.82, 2.24) is 0 Å². The molecule has 0 N–H and O–H groups in total. The molecule has 2 heteroatoms. The molecule has 0 radical (unpaired) electrons. The second-order valence-electron chi connectivity index (χ2n) is 1.71. The van der Waals surface area contributed by atoms with Gasteiger partial charge in [0.25, 0.3) is 0 Å². The van der Waals surface area contributed by atoms with Gasteiger partial charge in [-0.25, -0.2) is 0 Å². The van der Waals surface area contributed by atoms with Crippen LogP contribution < -0.4 is 0 Å². The minimum absolute atomic E-state index is 0.852. The van der Waals surface area contributed by atoms with Crippen LogP contribution in [-0.4, -0.2) is 19.3 Å². The van der Waals surface area contributed by atoms with Crippen LogP contribution in [-0.2, 0) is 4.79 Å². The molecule has 0 saturated carbocycles. The van der Waals surface area contributed by atoms with E-state index in [1.54, 1.807) is 0 Å². The number of rotatable bonds is 3. The predicted molar refractivity (Wildman–Crippen MR) is 33.5 cm³/mol. The van der Waals surface area contributed by atoms with Gasteiger partial charge in [-0.1, -0.05) is 24.4 Å². The third-order valence-corrected chi connectivity index (χ3v) is 3.72. The topological polar surface area (TPSA) is 17.1 Å². The van der Waals surface area contributed by atoms with E-state index >= 15 is 0 Å². The van der Waals surface area contributed by atoms with Crippen molar-refractivity contribution in [2.45, 2.75) is 24.4 Å². The van der Waals surface area contributed by atoms with Gasteiger partial charge in [0.1, 0.15) is 0 Å². The van der Waals surface area contributed by atoms with Gasteiger partial charge >= 0.3 is 14.1 Å². The summed E-state index contributed by atoms with van der Waals surface area (Å²) in [6.07, 6.45) is 0. The van der Waals surface area contributed by atoms with E-state index in [0.29, 0.717) is 0 Å². The van der Waals surface area contributed by atoms with Gasteiger partial charge in [0.15, 0.2) is 0 Å². The molecule has 7 heavy (non-hydrogen) atoms. The molecule has 0 rings (SSSR count). The van der Waals surface area contributed by atoms with Gasteiger partial charge < -0.3 is 4.79 Å². The Morgan fingerprint density at radius 3 is 1.86 bits per heavy atom. The van der Waals surface area contributed by atoms with Crippen LogP contribution in [0.2, 0.25) is 10.6 Å². The molecule has 0 fully saturated rings. The van der Waals surface area contributed by atoms with Crippen LogP contribution in [0.5, 0.6) is 0 Å². The van der Waals surface area contributed by atoms with Crippen molar-refractivity contribution < 1.29 is 4.79 Å². The zero-order valence-electron chi connectivity index (χ0n) is 4.98. The first-order valence-corrected chi connectivity index (χ1v) is 5.10. The lowest BCUT2D eigenvalue weighted by Crippen LogP contribution is -2.09. The maximum atomic E-state index is 10.0. The average Bonchev–Trinajstić information content (AvgIpc) is 1.72. The van der Waals surface area contributed by atoms with Crippen molar-refractivity contribution in [2.24, 2.45) is 0 Å². The second kappa shape index (κ2) is 4.36. The third kappa shape index (κ3) is 2.85. The van der Waals surface area contributed by atoms with Crippen molar-refractivity contribution in [3.63, 3.8) is 0 Å². The fourth-order valence-corrected chi connectivity index (χ4v) is 1.44. The Bertz CT molecular complexity index is 50.0. The van der Waals surface area contributed by atoms with Crippen LogP contribution in [0.1, 0.15) is 13.8 Å². The zero-order chi connectivity index (χ0) is 5.70. The average molecular weight is 114 g/mol. The van der Waals surface area contributed by atoms with Crippen LogP contribution >= 0.6 is 0 Å². The molecule has 0 aromatic carbocycles. The summed E-state index contributed by atoms with van der Waals surface area (Å²) in [5.74, 6) is 0. The summed E-state index contributed by atoms with van der Waals surface area (Å²) in [5, 5.41) is 3.42. The highest BCUT2D eigenvalue weighted by atomic mass is 27.2. The first-order chi connectivity index (χ1) is 3.35. The van der Waals surface area contributed by atoms with Crippen molar-refractivity contribution in [3.8, 4) is 0 Å². The molecule has 0 bridgehead atoms. The summed E-state index contributed by atoms with van der Waals surface area (Å²) in [6.45, 7) is 4.18. The second-order valence-corrected chi connectivity index (χ2v) is 5.14. The highest BCUT2D eigenvalue weighted by Gasteiger charge is 2.08. The fourth-order valence-electron chi connectivity index (χ4n) is 0.481. The normalized spacial score (nSPS) is 8.29. The smallest absolute Gasteiger partial charge is 0.324 e. The molecule has 0 aliphatic heterocycles.